The number of aliphatic carboxylic acids is 1. The Kier molecular flexibility index (Phi) is 6.88. The van der Waals surface area contributed by atoms with Gasteiger partial charge in [-0.25, -0.2) is 4.39 Å². The number of carboxylic acid groups (broad SMARTS) is 1. The lowest BCUT2D eigenvalue weighted by molar-refractivity contribution is -0.137. The Balaban J connectivity index is 1.94. The molecule has 0 aromatic heterocycles. The Hall–Kier alpha value is -2.62. The predicted octanol–water partition coefficient (Wildman–Crippen LogP) is 7.11. The first kappa shape index (κ1) is 23.1. The molecule has 0 atom stereocenters. The van der Waals surface area contributed by atoms with E-state index in [1.165, 1.54) is 29.7 Å². The molecule has 3 nitrogen and oxygen atoms in total. The van der Waals surface area contributed by atoms with Gasteiger partial charge in [0.05, 0.1) is 6.61 Å². The highest BCUT2D eigenvalue weighted by Crippen LogP contribution is 2.50. The SMILES string of the molecule is CC1(C)CC(=C(c2ccc(F)cc2)c2ccc(OCCCC(=O)O)cc2)CC(C)(C)C1. The van der Waals surface area contributed by atoms with Crippen molar-refractivity contribution in [2.75, 3.05) is 6.61 Å². The van der Waals surface area contributed by atoms with Gasteiger partial charge in [-0.1, -0.05) is 57.5 Å². The molecule has 2 aromatic rings. The van der Waals surface area contributed by atoms with Crippen molar-refractivity contribution in [2.24, 2.45) is 10.8 Å². The van der Waals surface area contributed by atoms with Crippen LogP contribution >= 0.6 is 0 Å². The number of carbonyl (C=O) groups is 1. The Morgan fingerprint density at radius 3 is 1.97 bits per heavy atom. The highest BCUT2D eigenvalue weighted by Gasteiger charge is 2.37. The molecule has 1 aliphatic carbocycles. The van der Waals surface area contributed by atoms with Crippen LogP contribution in [0.25, 0.3) is 5.57 Å². The summed E-state index contributed by atoms with van der Waals surface area (Å²) in [5.41, 5.74) is 5.11. The second-order valence-electron chi connectivity index (χ2n) is 10.2. The predicted molar refractivity (Wildman–Crippen MR) is 123 cm³/mol. The van der Waals surface area contributed by atoms with Gasteiger partial charge >= 0.3 is 5.97 Å². The minimum atomic E-state index is -0.812. The Bertz CT molecular complexity index is 919. The van der Waals surface area contributed by atoms with Crippen LogP contribution in [0.3, 0.4) is 0 Å². The van der Waals surface area contributed by atoms with E-state index in [-0.39, 0.29) is 23.1 Å². The number of carboxylic acids is 1. The van der Waals surface area contributed by atoms with E-state index in [0.717, 1.165) is 29.7 Å². The van der Waals surface area contributed by atoms with Crippen LogP contribution in [0.2, 0.25) is 0 Å². The smallest absolute Gasteiger partial charge is 0.303 e. The minimum absolute atomic E-state index is 0.102. The van der Waals surface area contributed by atoms with Crippen LogP contribution in [0, 0.1) is 16.6 Å². The summed E-state index contributed by atoms with van der Waals surface area (Å²) in [5.74, 6) is -0.322. The van der Waals surface area contributed by atoms with Crippen LogP contribution in [0.15, 0.2) is 54.1 Å². The van der Waals surface area contributed by atoms with Crippen LogP contribution in [0.1, 0.15) is 70.9 Å². The van der Waals surface area contributed by atoms with Gasteiger partial charge in [0.15, 0.2) is 0 Å². The van der Waals surface area contributed by atoms with Crippen LogP contribution < -0.4 is 4.74 Å². The molecule has 31 heavy (non-hydrogen) atoms. The Morgan fingerprint density at radius 1 is 0.935 bits per heavy atom. The standard InChI is InChI=1S/C27H33FO3/c1-26(2)16-21(17-27(3,4)18-26)25(19-7-11-22(28)12-8-19)20-9-13-23(14-10-20)31-15-5-6-24(29)30/h7-14H,5-6,15-18H2,1-4H3,(H,29,30). The van der Waals surface area contributed by atoms with Crippen molar-refractivity contribution >= 4 is 11.5 Å². The number of hydrogen-bond acceptors (Lipinski definition) is 2. The summed E-state index contributed by atoms with van der Waals surface area (Å²) < 4.78 is 19.3. The first-order valence-electron chi connectivity index (χ1n) is 11.0. The summed E-state index contributed by atoms with van der Waals surface area (Å²) in [7, 11) is 0. The molecular weight excluding hydrogens is 391 g/mol. The number of allylic oxidation sites excluding steroid dienone is 1. The second-order valence-corrected chi connectivity index (χ2v) is 10.2. The summed E-state index contributed by atoms with van der Waals surface area (Å²) in [6, 6.07) is 14.7. The van der Waals surface area contributed by atoms with Crippen molar-refractivity contribution in [3.63, 3.8) is 0 Å². The fourth-order valence-electron chi connectivity index (χ4n) is 5.14. The highest BCUT2D eigenvalue weighted by atomic mass is 19.1. The third-order valence-corrected chi connectivity index (χ3v) is 5.77. The molecule has 4 heteroatoms. The molecule has 0 radical (unpaired) electrons. The summed E-state index contributed by atoms with van der Waals surface area (Å²) in [4.78, 5) is 10.6. The average molecular weight is 425 g/mol. The third-order valence-electron chi connectivity index (χ3n) is 5.77. The van der Waals surface area contributed by atoms with E-state index in [1.54, 1.807) is 0 Å². The maximum absolute atomic E-state index is 13.6. The zero-order valence-electron chi connectivity index (χ0n) is 19.0. The van der Waals surface area contributed by atoms with Gasteiger partial charge in [0.25, 0.3) is 0 Å². The Morgan fingerprint density at radius 2 is 1.45 bits per heavy atom. The first-order valence-corrected chi connectivity index (χ1v) is 11.0. The van der Waals surface area contributed by atoms with Gasteiger partial charge in [0.1, 0.15) is 11.6 Å². The van der Waals surface area contributed by atoms with Gasteiger partial charge in [-0.3, -0.25) is 4.79 Å². The highest BCUT2D eigenvalue weighted by molar-refractivity contribution is 5.82. The fourth-order valence-corrected chi connectivity index (χ4v) is 5.14. The van der Waals surface area contributed by atoms with E-state index >= 15 is 0 Å². The molecule has 0 aliphatic heterocycles. The van der Waals surface area contributed by atoms with Crippen molar-refractivity contribution in [3.05, 3.63) is 71.0 Å². The monoisotopic (exact) mass is 424 g/mol. The van der Waals surface area contributed by atoms with Crippen LogP contribution in [0.4, 0.5) is 4.39 Å². The van der Waals surface area contributed by atoms with Crippen molar-refractivity contribution in [1.29, 1.82) is 0 Å². The molecule has 1 aliphatic rings. The van der Waals surface area contributed by atoms with E-state index < -0.39 is 5.97 Å². The lowest BCUT2D eigenvalue weighted by atomic mass is 9.62. The molecule has 0 bridgehead atoms. The summed E-state index contributed by atoms with van der Waals surface area (Å²) >= 11 is 0. The van der Waals surface area contributed by atoms with Gasteiger partial charge in [-0.2, -0.15) is 0 Å². The summed E-state index contributed by atoms with van der Waals surface area (Å²) in [6.07, 6.45) is 3.77. The molecule has 166 valence electrons. The molecule has 0 saturated heterocycles. The molecule has 1 N–H and O–H groups in total. The van der Waals surface area contributed by atoms with E-state index in [9.17, 15) is 9.18 Å². The lowest BCUT2D eigenvalue weighted by Gasteiger charge is -2.43. The molecule has 1 fully saturated rings. The van der Waals surface area contributed by atoms with E-state index in [1.807, 2.05) is 36.4 Å². The quantitative estimate of drug-likeness (QED) is 0.482. The van der Waals surface area contributed by atoms with Crippen LogP contribution in [-0.2, 0) is 4.79 Å². The van der Waals surface area contributed by atoms with Crippen LogP contribution in [-0.4, -0.2) is 17.7 Å². The lowest BCUT2D eigenvalue weighted by Crippen LogP contribution is -2.30. The van der Waals surface area contributed by atoms with E-state index in [0.29, 0.717) is 13.0 Å². The maximum Gasteiger partial charge on any atom is 0.303 e. The summed E-state index contributed by atoms with van der Waals surface area (Å²) in [5, 5.41) is 8.75. The van der Waals surface area contributed by atoms with E-state index in [2.05, 4.69) is 27.7 Å². The average Bonchev–Trinajstić information content (AvgIpc) is 2.65. The molecule has 0 spiro atoms. The Labute approximate surface area is 185 Å². The maximum atomic E-state index is 13.6. The van der Waals surface area contributed by atoms with Crippen molar-refractivity contribution in [3.8, 4) is 5.75 Å². The molecule has 0 heterocycles. The van der Waals surface area contributed by atoms with Gasteiger partial charge < -0.3 is 9.84 Å². The largest absolute Gasteiger partial charge is 0.494 e. The molecule has 1 saturated carbocycles. The summed E-state index contributed by atoms with van der Waals surface area (Å²) in [6.45, 7) is 9.67. The fraction of sp³-hybridized carbons (Fsp3) is 0.444. The van der Waals surface area contributed by atoms with E-state index in [4.69, 9.17) is 9.84 Å². The number of halogens is 1. The molecule has 3 rings (SSSR count). The second kappa shape index (κ2) is 9.25. The van der Waals surface area contributed by atoms with Gasteiger partial charge in [0.2, 0.25) is 0 Å². The number of hydrogen-bond donors (Lipinski definition) is 1. The molecule has 0 amide bonds. The van der Waals surface area contributed by atoms with Crippen LogP contribution in [0.5, 0.6) is 5.75 Å². The molecule has 2 aromatic carbocycles. The number of benzene rings is 2. The van der Waals surface area contributed by atoms with Gasteiger partial charge in [-0.05, 0) is 77.5 Å². The van der Waals surface area contributed by atoms with Gasteiger partial charge in [0, 0.05) is 6.42 Å². The molecular formula is C27H33FO3. The topological polar surface area (TPSA) is 46.5 Å². The third kappa shape index (κ3) is 6.43. The zero-order chi connectivity index (χ0) is 22.6. The molecule has 0 unspecified atom stereocenters. The van der Waals surface area contributed by atoms with Gasteiger partial charge in [-0.15, -0.1) is 0 Å². The van der Waals surface area contributed by atoms with Crippen molar-refractivity contribution in [2.45, 2.75) is 59.8 Å². The van der Waals surface area contributed by atoms with Crippen molar-refractivity contribution in [1.82, 2.24) is 0 Å². The zero-order valence-corrected chi connectivity index (χ0v) is 19.0. The normalized spacial score (nSPS) is 17.3. The number of rotatable bonds is 7. The minimum Gasteiger partial charge on any atom is -0.494 e. The number of ether oxygens (including phenoxy) is 1. The van der Waals surface area contributed by atoms with Crippen molar-refractivity contribution < 1.29 is 19.0 Å². The first-order chi connectivity index (χ1) is 14.5.